The van der Waals surface area contributed by atoms with Gasteiger partial charge in [0.25, 0.3) is 0 Å². The molecule has 2 aliphatic heterocycles. The number of benzene rings is 1. The molecule has 2 heterocycles. The molecule has 1 spiro atoms. The summed E-state index contributed by atoms with van der Waals surface area (Å²) < 4.78 is 6.08. The van der Waals surface area contributed by atoms with Crippen molar-refractivity contribution in [2.75, 3.05) is 18.1 Å². The topological polar surface area (TPSA) is 35.2 Å². The highest BCUT2D eigenvalue weighted by molar-refractivity contribution is 7.99. The van der Waals surface area contributed by atoms with E-state index in [0.717, 1.165) is 31.6 Å². The maximum atomic E-state index is 6.48. The van der Waals surface area contributed by atoms with Crippen LogP contribution in [0.25, 0.3) is 0 Å². The molecule has 2 nitrogen and oxygen atoms in total. The number of rotatable bonds is 3. The van der Waals surface area contributed by atoms with Gasteiger partial charge in [0.2, 0.25) is 0 Å². The molecule has 3 rings (SSSR count). The van der Waals surface area contributed by atoms with E-state index >= 15 is 0 Å². The lowest BCUT2D eigenvalue weighted by atomic mass is 9.80. The minimum Gasteiger partial charge on any atom is -0.374 e. The number of nitrogens with two attached hydrogens (primary N) is 1. The van der Waals surface area contributed by atoms with Gasteiger partial charge < -0.3 is 10.5 Å². The van der Waals surface area contributed by atoms with Crippen molar-refractivity contribution in [1.29, 1.82) is 0 Å². The minimum atomic E-state index is 0.100. The summed E-state index contributed by atoms with van der Waals surface area (Å²) in [6.07, 6.45) is 4.19. The number of ether oxygens (including phenoxy) is 1. The summed E-state index contributed by atoms with van der Waals surface area (Å²) >= 11 is 14.1. The van der Waals surface area contributed by atoms with Crippen LogP contribution in [-0.2, 0) is 11.2 Å². The van der Waals surface area contributed by atoms with Gasteiger partial charge >= 0.3 is 0 Å². The summed E-state index contributed by atoms with van der Waals surface area (Å²) in [6.45, 7) is 0.848. The van der Waals surface area contributed by atoms with E-state index in [1.54, 1.807) is 0 Å². The third-order valence-corrected chi connectivity index (χ3v) is 6.62. The smallest absolute Gasteiger partial charge is 0.0783 e. The van der Waals surface area contributed by atoms with Crippen molar-refractivity contribution in [2.24, 2.45) is 11.7 Å². The Morgan fingerprint density at radius 2 is 2.24 bits per heavy atom. The third kappa shape index (κ3) is 3.70. The van der Waals surface area contributed by atoms with Crippen LogP contribution in [0.4, 0.5) is 0 Å². The van der Waals surface area contributed by atoms with Gasteiger partial charge in [-0.15, -0.1) is 0 Å². The lowest BCUT2D eigenvalue weighted by molar-refractivity contribution is -0.0831. The van der Waals surface area contributed by atoms with Crippen LogP contribution < -0.4 is 5.73 Å². The molecule has 2 fully saturated rings. The Kier molecular flexibility index (Phi) is 5.07. The quantitative estimate of drug-likeness (QED) is 0.892. The Hall–Kier alpha value is 0.0700. The monoisotopic (exact) mass is 345 g/mol. The molecule has 0 saturated carbocycles. The summed E-state index contributed by atoms with van der Waals surface area (Å²) in [7, 11) is 0. The van der Waals surface area contributed by atoms with Crippen LogP contribution in [0.3, 0.4) is 0 Å². The van der Waals surface area contributed by atoms with Crippen molar-refractivity contribution in [3.05, 3.63) is 33.8 Å². The predicted molar refractivity (Wildman–Crippen MR) is 91.5 cm³/mol. The number of hydrogen-bond donors (Lipinski definition) is 1. The fourth-order valence-corrected chi connectivity index (χ4v) is 5.10. The van der Waals surface area contributed by atoms with E-state index in [4.69, 9.17) is 33.7 Å². The Morgan fingerprint density at radius 1 is 1.38 bits per heavy atom. The summed E-state index contributed by atoms with van der Waals surface area (Å²) in [4.78, 5) is 0. The maximum absolute atomic E-state index is 6.48. The van der Waals surface area contributed by atoms with Gasteiger partial charge in [-0.05, 0) is 55.1 Å². The van der Waals surface area contributed by atoms with Crippen LogP contribution in [0, 0.1) is 5.92 Å². The van der Waals surface area contributed by atoms with Crippen LogP contribution >= 0.6 is 35.0 Å². The number of halogens is 2. The molecule has 1 aromatic carbocycles. The fourth-order valence-electron chi connectivity index (χ4n) is 3.40. The van der Waals surface area contributed by atoms with Crippen LogP contribution in [-0.4, -0.2) is 29.8 Å². The molecule has 0 amide bonds. The molecule has 2 saturated heterocycles. The van der Waals surface area contributed by atoms with Crippen molar-refractivity contribution in [3.8, 4) is 0 Å². The highest BCUT2D eigenvalue weighted by Gasteiger charge is 2.41. The van der Waals surface area contributed by atoms with E-state index in [0.29, 0.717) is 16.0 Å². The molecule has 3 unspecified atom stereocenters. The average Bonchev–Trinajstić information content (AvgIpc) is 2.91. The highest BCUT2D eigenvalue weighted by Crippen LogP contribution is 2.41. The zero-order valence-corrected chi connectivity index (χ0v) is 14.3. The molecule has 2 N–H and O–H groups in total. The second-order valence-electron chi connectivity index (χ2n) is 6.20. The molecular formula is C16H21Cl2NOS. The second-order valence-corrected chi connectivity index (χ2v) is 8.12. The van der Waals surface area contributed by atoms with Crippen LogP contribution in [0.5, 0.6) is 0 Å². The minimum absolute atomic E-state index is 0.100. The summed E-state index contributed by atoms with van der Waals surface area (Å²) in [5.41, 5.74) is 7.75. The molecule has 0 aliphatic carbocycles. The molecule has 5 heteroatoms. The molecule has 2 aliphatic rings. The van der Waals surface area contributed by atoms with Crippen LogP contribution in [0.1, 0.15) is 24.8 Å². The number of hydrogen-bond acceptors (Lipinski definition) is 3. The van der Waals surface area contributed by atoms with Gasteiger partial charge in [0.15, 0.2) is 0 Å². The van der Waals surface area contributed by atoms with E-state index in [-0.39, 0.29) is 11.6 Å². The summed E-state index contributed by atoms with van der Waals surface area (Å²) in [5.74, 6) is 2.88. The van der Waals surface area contributed by atoms with E-state index in [9.17, 15) is 0 Å². The predicted octanol–water partition coefficient (Wildman–Crippen LogP) is 4.17. The molecule has 1 aromatic rings. The first kappa shape index (κ1) is 15.9. The lowest BCUT2D eigenvalue weighted by Crippen LogP contribution is -2.46. The van der Waals surface area contributed by atoms with Gasteiger partial charge in [0.05, 0.1) is 15.6 Å². The van der Waals surface area contributed by atoms with Crippen molar-refractivity contribution in [3.63, 3.8) is 0 Å². The standard InChI is InChI=1S/C16H21Cl2NOS/c17-13-2-1-11(7-14(13)18)8-15(19)12-3-5-20-16(9-12)4-6-21-10-16/h1-2,7,12,15H,3-6,8-10,19H2. The Labute approximate surface area is 140 Å². The molecule has 0 radical (unpaired) electrons. The highest BCUT2D eigenvalue weighted by atomic mass is 35.5. The Balaban J connectivity index is 1.64. The van der Waals surface area contributed by atoms with Gasteiger partial charge in [-0.1, -0.05) is 29.3 Å². The largest absolute Gasteiger partial charge is 0.374 e. The third-order valence-electron chi connectivity index (χ3n) is 4.66. The molecule has 21 heavy (non-hydrogen) atoms. The first-order valence-corrected chi connectivity index (χ1v) is 9.40. The van der Waals surface area contributed by atoms with Gasteiger partial charge in [-0.2, -0.15) is 11.8 Å². The van der Waals surface area contributed by atoms with Crippen LogP contribution in [0.15, 0.2) is 18.2 Å². The number of thioether (sulfide) groups is 1. The molecule has 116 valence electrons. The molecular weight excluding hydrogens is 325 g/mol. The van der Waals surface area contributed by atoms with Gasteiger partial charge in [-0.25, -0.2) is 0 Å². The molecule has 0 bridgehead atoms. The molecule has 0 aromatic heterocycles. The van der Waals surface area contributed by atoms with E-state index in [1.165, 1.54) is 17.7 Å². The normalized spacial score (nSPS) is 30.7. The van der Waals surface area contributed by atoms with E-state index in [2.05, 4.69) is 0 Å². The summed E-state index contributed by atoms with van der Waals surface area (Å²) in [6, 6.07) is 5.97. The fraction of sp³-hybridized carbons (Fsp3) is 0.625. The van der Waals surface area contributed by atoms with E-state index < -0.39 is 0 Å². The lowest BCUT2D eigenvalue weighted by Gasteiger charge is -2.40. The second kappa shape index (κ2) is 6.67. The first-order chi connectivity index (χ1) is 10.1. The van der Waals surface area contributed by atoms with Gasteiger partial charge in [0, 0.05) is 18.4 Å². The molecule has 3 atom stereocenters. The van der Waals surface area contributed by atoms with Gasteiger partial charge in [0.1, 0.15) is 0 Å². The zero-order valence-electron chi connectivity index (χ0n) is 12.0. The van der Waals surface area contributed by atoms with Crippen molar-refractivity contribution in [2.45, 2.75) is 37.3 Å². The van der Waals surface area contributed by atoms with Gasteiger partial charge in [-0.3, -0.25) is 0 Å². The first-order valence-electron chi connectivity index (χ1n) is 7.49. The SMILES string of the molecule is NC(Cc1ccc(Cl)c(Cl)c1)C1CCOC2(CCSC2)C1. The van der Waals surface area contributed by atoms with Crippen LogP contribution in [0.2, 0.25) is 10.0 Å². The maximum Gasteiger partial charge on any atom is 0.0783 e. The van der Waals surface area contributed by atoms with Crippen molar-refractivity contribution in [1.82, 2.24) is 0 Å². The van der Waals surface area contributed by atoms with Crippen molar-refractivity contribution < 1.29 is 4.74 Å². The Morgan fingerprint density at radius 3 is 2.95 bits per heavy atom. The zero-order chi connectivity index (χ0) is 14.9. The van der Waals surface area contributed by atoms with Crippen molar-refractivity contribution >= 4 is 35.0 Å². The Bertz CT molecular complexity index is 505. The van der Waals surface area contributed by atoms with E-state index in [1.807, 2.05) is 30.0 Å². The summed E-state index contributed by atoms with van der Waals surface area (Å²) in [5, 5.41) is 1.21. The average molecular weight is 346 g/mol.